The van der Waals surface area contributed by atoms with E-state index in [0.29, 0.717) is 24.8 Å². The number of carbonyl (C=O) groups is 1. The summed E-state index contributed by atoms with van der Waals surface area (Å²) in [5.74, 6) is 2.12. The molecule has 2 atom stereocenters. The number of nitrogens with zero attached hydrogens (tertiary/aromatic N) is 4. The highest BCUT2D eigenvalue weighted by molar-refractivity contribution is 5.79. The molecule has 2 unspecified atom stereocenters. The molecule has 1 N–H and O–H groups in total. The van der Waals surface area contributed by atoms with Gasteiger partial charge in [-0.05, 0) is 75.3 Å². The van der Waals surface area contributed by atoms with E-state index in [1.54, 1.807) is 0 Å². The van der Waals surface area contributed by atoms with Crippen molar-refractivity contribution < 1.29 is 9.32 Å². The van der Waals surface area contributed by atoms with Crippen LogP contribution >= 0.6 is 0 Å². The molecule has 196 valence electrons. The largest absolute Gasteiger partial charge is 0.372 e. The van der Waals surface area contributed by atoms with Gasteiger partial charge < -0.3 is 14.7 Å². The molecular weight excluding hydrogens is 462 g/mol. The summed E-state index contributed by atoms with van der Waals surface area (Å²) in [7, 11) is 0. The normalized spacial score (nSPS) is 20.1. The molecule has 3 heterocycles. The van der Waals surface area contributed by atoms with Gasteiger partial charge in [-0.15, -0.1) is 0 Å². The van der Waals surface area contributed by atoms with Crippen molar-refractivity contribution in [2.75, 3.05) is 31.1 Å². The lowest BCUT2D eigenvalue weighted by Crippen LogP contribution is -2.43. The van der Waals surface area contributed by atoms with Crippen molar-refractivity contribution in [2.45, 2.75) is 59.0 Å². The zero-order valence-electron chi connectivity index (χ0n) is 22.3. The number of amides is 1. The van der Waals surface area contributed by atoms with Crippen molar-refractivity contribution in [3.63, 3.8) is 0 Å². The van der Waals surface area contributed by atoms with Crippen LogP contribution in [0, 0.1) is 18.8 Å². The average Bonchev–Trinajstić information content (AvgIpc) is 3.37. The minimum atomic E-state index is -0.0374. The predicted octanol–water partition coefficient (Wildman–Crippen LogP) is 5.37. The van der Waals surface area contributed by atoms with Crippen molar-refractivity contribution in [3.8, 4) is 11.4 Å². The summed E-state index contributed by atoms with van der Waals surface area (Å²) in [6.07, 6.45) is 4.40. The van der Waals surface area contributed by atoms with Gasteiger partial charge in [0.2, 0.25) is 17.6 Å². The highest BCUT2D eigenvalue weighted by Crippen LogP contribution is 2.26. The Bertz CT molecular complexity index is 1180. The molecule has 37 heavy (non-hydrogen) atoms. The molecule has 7 nitrogen and oxygen atoms in total. The van der Waals surface area contributed by atoms with Crippen LogP contribution in [0.1, 0.15) is 62.6 Å². The second-order valence-corrected chi connectivity index (χ2v) is 10.9. The second-order valence-electron chi connectivity index (χ2n) is 10.9. The van der Waals surface area contributed by atoms with Crippen LogP contribution in [0.4, 0.5) is 5.69 Å². The molecule has 1 aromatic heterocycles. The minimum absolute atomic E-state index is 0.0223. The Morgan fingerprint density at radius 2 is 1.84 bits per heavy atom. The van der Waals surface area contributed by atoms with E-state index in [0.717, 1.165) is 55.1 Å². The number of rotatable bonds is 7. The standard InChI is InChI=1S/C30H39N5O2/c1-21-14-17-35(18-15-21)26-12-10-24(11-13-26)23(3)31-30(36)25-8-6-16-34(19-25)20-28-32-29(33-37-28)27-9-5-4-7-22(27)2/h4-5,7,9-13,21,23,25H,6,8,14-20H2,1-3H3,(H,31,36). The Kier molecular flexibility index (Phi) is 7.89. The molecule has 7 heteroatoms. The summed E-state index contributed by atoms with van der Waals surface area (Å²) in [6, 6.07) is 16.7. The molecule has 2 aromatic carbocycles. The van der Waals surface area contributed by atoms with Crippen LogP contribution in [0.25, 0.3) is 11.4 Å². The van der Waals surface area contributed by atoms with Crippen LogP contribution in [0.2, 0.25) is 0 Å². The number of benzene rings is 2. The zero-order chi connectivity index (χ0) is 25.8. The summed E-state index contributed by atoms with van der Waals surface area (Å²) < 4.78 is 5.55. The highest BCUT2D eigenvalue weighted by Gasteiger charge is 2.28. The van der Waals surface area contributed by atoms with Gasteiger partial charge in [-0.2, -0.15) is 4.98 Å². The fourth-order valence-corrected chi connectivity index (χ4v) is 5.51. The van der Waals surface area contributed by atoms with E-state index in [1.807, 2.05) is 31.2 Å². The first-order chi connectivity index (χ1) is 18.0. The minimum Gasteiger partial charge on any atom is -0.372 e. The molecule has 0 bridgehead atoms. The van der Waals surface area contributed by atoms with E-state index in [-0.39, 0.29) is 17.9 Å². The Balaban J connectivity index is 1.14. The summed E-state index contributed by atoms with van der Waals surface area (Å²) >= 11 is 0. The average molecular weight is 502 g/mol. The fraction of sp³-hybridized carbons (Fsp3) is 0.500. The molecular formula is C30H39N5O2. The first-order valence-electron chi connectivity index (χ1n) is 13.7. The Morgan fingerprint density at radius 1 is 1.08 bits per heavy atom. The highest BCUT2D eigenvalue weighted by atomic mass is 16.5. The van der Waals surface area contributed by atoms with E-state index < -0.39 is 0 Å². The van der Waals surface area contributed by atoms with E-state index in [2.05, 4.69) is 63.4 Å². The van der Waals surface area contributed by atoms with Crippen LogP contribution in [-0.4, -0.2) is 47.1 Å². The number of aryl methyl sites for hydroxylation is 1. The molecule has 5 rings (SSSR count). The summed E-state index contributed by atoms with van der Waals surface area (Å²) in [5, 5.41) is 7.44. The number of anilines is 1. The van der Waals surface area contributed by atoms with Crippen LogP contribution in [-0.2, 0) is 11.3 Å². The lowest BCUT2D eigenvalue weighted by atomic mass is 9.96. The summed E-state index contributed by atoms with van der Waals surface area (Å²) in [6.45, 7) is 10.9. The van der Waals surface area contributed by atoms with Gasteiger partial charge in [0.05, 0.1) is 18.5 Å². The van der Waals surface area contributed by atoms with Gasteiger partial charge in [-0.3, -0.25) is 9.69 Å². The maximum atomic E-state index is 13.2. The van der Waals surface area contributed by atoms with Crippen molar-refractivity contribution >= 4 is 11.6 Å². The van der Waals surface area contributed by atoms with Gasteiger partial charge in [-0.1, -0.05) is 48.5 Å². The smallest absolute Gasteiger partial charge is 0.241 e. The van der Waals surface area contributed by atoms with Gasteiger partial charge in [0.25, 0.3) is 0 Å². The van der Waals surface area contributed by atoms with Crippen LogP contribution in [0.5, 0.6) is 0 Å². The number of aromatic nitrogens is 2. The van der Waals surface area contributed by atoms with Crippen molar-refractivity contribution in [2.24, 2.45) is 11.8 Å². The zero-order valence-corrected chi connectivity index (χ0v) is 22.3. The number of carbonyl (C=O) groups excluding carboxylic acids is 1. The van der Waals surface area contributed by atoms with E-state index in [9.17, 15) is 4.79 Å². The monoisotopic (exact) mass is 501 g/mol. The van der Waals surface area contributed by atoms with Crippen LogP contribution in [0.3, 0.4) is 0 Å². The van der Waals surface area contributed by atoms with E-state index in [1.165, 1.54) is 18.5 Å². The number of hydrogen-bond acceptors (Lipinski definition) is 6. The third-order valence-corrected chi connectivity index (χ3v) is 7.99. The quantitative estimate of drug-likeness (QED) is 0.469. The number of piperidine rings is 2. The van der Waals surface area contributed by atoms with Crippen LogP contribution < -0.4 is 10.2 Å². The topological polar surface area (TPSA) is 74.5 Å². The molecule has 3 aromatic rings. The molecule has 2 fully saturated rings. The Morgan fingerprint density at radius 3 is 2.59 bits per heavy atom. The van der Waals surface area contributed by atoms with Crippen molar-refractivity contribution in [1.29, 1.82) is 0 Å². The molecule has 0 aliphatic carbocycles. The van der Waals surface area contributed by atoms with Gasteiger partial charge in [0.15, 0.2) is 0 Å². The molecule has 2 aliphatic rings. The molecule has 2 aliphatic heterocycles. The fourth-order valence-electron chi connectivity index (χ4n) is 5.51. The molecule has 1 amide bonds. The Labute approximate surface area is 220 Å². The predicted molar refractivity (Wildman–Crippen MR) is 146 cm³/mol. The lowest BCUT2D eigenvalue weighted by Gasteiger charge is -2.32. The second kappa shape index (κ2) is 11.5. The van der Waals surface area contributed by atoms with E-state index in [4.69, 9.17) is 4.52 Å². The third kappa shape index (κ3) is 6.21. The molecule has 0 spiro atoms. The maximum absolute atomic E-state index is 13.2. The van der Waals surface area contributed by atoms with Crippen molar-refractivity contribution in [3.05, 3.63) is 65.5 Å². The van der Waals surface area contributed by atoms with Crippen LogP contribution in [0.15, 0.2) is 53.1 Å². The molecule has 0 radical (unpaired) electrons. The number of nitrogens with one attached hydrogen (secondary N) is 1. The van der Waals surface area contributed by atoms with Gasteiger partial charge in [0.1, 0.15) is 0 Å². The molecule has 0 saturated carbocycles. The van der Waals surface area contributed by atoms with Crippen molar-refractivity contribution in [1.82, 2.24) is 20.4 Å². The van der Waals surface area contributed by atoms with E-state index >= 15 is 0 Å². The lowest BCUT2D eigenvalue weighted by molar-refractivity contribution is -0.127. The maximum Gasteiger partial charge on any atom is 0.241 e. The number of hydrogen-bond donors (Lipinski definition) is 1. The molecule has 2 saturated heterocycles. The summed E-state index contributed by atoms with van der Waals surface area (Å²) in [5.41, 5.74) is 4.53. The van der Waals surface area contributed by atoms with Gasteiger partial charge >= 0.3 is 0 Å². The Hall–Kier alpha value is -3.19. The SMILES string of the molecule is Cc1ccccc1-c1noc(CN2CCCC(C(=O)NC(C)c3ccc(N4CCC(C)CC4)cc3)C2)n1. The van der Waals surface area contributed by atoms with Gasteiger partial charge in [0, 0.05) is 30.9 Å². The number of likely N-dealkylation sites (tertiary alicyclic amines) is 1. The third-order valence-electron chi connectivity index (χ3n) is 7.99. The first kappa shape index (κ1) is 25.5. The van der Waals surface area contributed by atoms with Gasteiger partial charge in [-0.25, -0.2) is 0 Å². The first-order valence-corrected chi connectivity index (χ1v) is 13.7. The summed E-state index contributed by atoms with van der Waals surface area (Å²) in [4.78, 5) is 22.5.